The smallest absolute Gasteiger partial charge is 0.0386 e. The predicted molar refractivity (Wildman–Crippen MR) is 48.4 cm³/mol. The van der Waals surface area contributed by atoms with Gasteiger partial charge in [0.2, 0.25) is 0 Å². The van der Waals surface area contributed by atoms with Gasteiger partial charge >= 0.3 is 0 Å². The third-order valence-electron chi connectivity index (χ3n) is 2.17. The van der Waals surface area contributed by atoms with Crippen LogP contribution in [0.5, 0.6) is 0 Å². The Bertz CT molecular complexity index is 152. The normalized spacial score (nSPS) is 26.4. The van der Waals surface area contributed by atoms with Crippen molar-refractivity contribution in [2.24, 2.45) is 0 Å². The molecule has 1 fully saturated rings. The zero-order valence-corrected chi connectivity index (χ0v) is 7.72. The summed E-state index contributed by atoms with van der Waals surface area (Å²) >= 11 is 0. The summed E-state index contributed by atoms with van der Waals surface area (Å²) in [7, 11) is 0. The molecule has 0 aromatic heterocycles. The molecule has 2 nitrogen and oxygen atoms in total. The number of hydrogen-bond acceptors (Lipinski definition) is 2. The zero-order valence-electron chi connectivity index (χ0n) is 7.72. The fraction of sp³-hybridized carbons (Fsp3) is 0.778. The van der Waals surface area contributed by atoms with Crippen LogP contribution in [0.1, 0.15) is 20.8 Å². The van der Waals surface area contributed by atoms with Crippen molar-refractivity contribution in [2.45, 2.75) is 32.9 Å². The highest BCUT2D eigenvalue weighted by Gasteiger charge is 2.21. The Hall–Kier alpha value is -0.500. The summed E-state index contributed by atoms with van der Waals surface area (Å²) in [6.07, 6.45) is 0. The first-order valence-electron chi connectivity index (χ1n) is 4.29. The van der Waals surface area contributed by atoms with Crippen molar-refractivity contribution in [3.8, 4) is 0 Å². The molecule has 1 heterocycles. The van der Waals surface area contributed by atoms with Gasteiger partial charge in [0.25, 0.3) is 0 Å². The van der Waals surface area contributed by atoms with Gasteiger partial charge in [0.15, 0.2) is 0 Å². The molecular weight excluding hydrogens is 136 g/mol. The molecule has 1 saturated heterocycles. The van der Waals surface area contributed by atoms with E-state index in [1.54, 1.807) is 0 Å². The van der Waals surface area contributed by atoms with Crippen LogP contribution in [0.4, 0.5) is 0 Å². The molecule has 2 heteroatoms. The number of hydrogen-bond donors (Lipinski definition) is 1. The summed E-state index contributed by atoms with van der Waals surface area (Å²) < 4.78 is 0. The zero-order chi connectivity index (χ0) is 8.43. The van der Waals surface area contributed by atoms with Crippen LogP contribution in [0.2, 0.25) is 0 Å². The Morgan fingerprint density at radius 2 is 2.27 bits per heavy atom. The van der Waals surface area contributed by atoms with Gasteiger partial charge in [0.05, 0.1) is 0 Å². The van der Waals surface area contributed by atoms with Gasteiger partial charge in [0, 0.05) is 30.9 Å². The van der Waals surface area contributed by atoms with E-state index in [-0.39, 0.29) is 0 Å². The third kappa shape index (κ3) is 1.74. The van der Waals surface area contributed by atoms with Crippen LogP contribution in [0.25, 0.3) is 0 Å². The van der Waals surface area contributed by atoms with Gasteiger partial charge in [-0.15, -0.1) is 0 Å². The number of nitrogens with one attached hydrogen (secondary N) is 1. The minimum absolute atomic E-state index is 0.583. The molecule has 0 bridgehead atoms. The maximum atomic E-state index is 4.03. The minimum Gasteiger partial charge on any atom is -0.368 e. The van der Waals surface area contributed by atoms with Crippen molar-refractivity contribution < 1.29 is 0 Å². The first-order valence-corrected chi connectivity index (χ1v) is 4.29. The van der Waals surface area contributed by atoms with E-state index in [9.17, 15) is 0 Å². The SMILES string of the molecule is C=C1CNCC(C)N1C(C)C. The molecule has 0 radical (unpaired) electrons. The molecule has 0 aromatic carbocycles. The van der Waals surface area contributed by atoms with Crippen LogP contribution in [0.3, 0.4) is 0 Å². The predicted octanol–water partition coefficient (Wildman–Crippen LogP) is 1.20. The monoisotopic (exact) mass is 154 g/mol. The highest BCUT2D eigenvalue weighted by Crippen LogP contribution is 2.14. The van der Waals surface area contributed by atoms with E-state index >= 15 is 0 Å². The highest BCUT2D eigenvalue weighted by molar-refractivity contribution is 5.03. The fourth-order valence-electron chi connectivity index (χ4n) is 1.80. The summed E-state index contributed by atoms with van der Waals surface area (Å²) in [5, 5.41) is 3.33. The van der Waals surface area contributed by atoms with Crippen molar-refractivity contribution in [3.05, 3.63) is 12.3 Å². The molecule has 0 aliphatic carbocycles. The summed E-state index contributed by atoms with van der Waals surface area (Å²) in [5.41, 5.74) is 1.22. The Balaban J connectivity index is 2.63. The summed E-state index contributed by atoms with van der Waals surface area (Å²) in [5.74, 6) is 0. The maximum Gasteiger partial charge on any atom is 0.0386 e. The lowest BCUT2D eigenvalue weighted by molar-refractivity contribution is 0.185. The molecule has 1 unspecified atom stereocenters. The lowest BCUT2D eigenvalue weighted by atomic mass is 10.1. The van der Waals surface area contributed by atoms with E-state index in [1.165, 1.54) is 5.70 Å². The van der Waals surface area contributed by atoms with E-state index in [1.807, 2.05) is 0 Å². The summed E-state index contributed by atoms with van der Waals surface area (Å²) in [4.78, 5) is 2.39. The second kappa shape index (κ2) is 3.26. The number of rotatable bonds is 1. The second-order valence-corrected chi connectivity index (χ2v) is 3.55. The molecule has 1 rings (SSSR count). The molecule has 0 spiro atoms. The maximum absolute atomic E-state index is 4.03. The van der Waals surface area contributed by atoms with Crippen molar-refractivity contribution in [1.29, 1.82) is 0 Å². The summed E-state index contributed by atoms with van der Waals surface area (Å²) in [6, 6.07) is 1.18. The van der Waals surface area contributed by atoms with Gasteiger partial charge in [-0.05, 0) is 20.8 Å². The Kier molecular flexibility index (Phi) is 2.55. The first kappa shape index (κ1) is 8.60. The van der Waals surface area contributed by atoms with Gasteiger partial charge in [-0.1, -0.05) is 6.58 Å². The largest absolute Gasteiger partial charge is 0.368 e. The number of piperazine rings is 1. The van der Waals surface area contributed by atoms with Gasteiger partial charge in [-0.3, -0.25) is 0 Å². The van der Waals surface area contributed by atoms with Crippen LogP contribution >= 0.6 is 0 Å². The third-order valence-corrected chi connectivity index (χ3v) is 2.17. The standard InChI is InChI=1S/C9H18N2/c1-7(2)11-8(3)5-10-6-9(11)4/h7,9-10H,3,5-6H2,1-2,4H3. The van der Waals surface area contributed by atoms with Crippen LogP contribution in [0.15, 0.2) is 12.3 Å². The van der Waals surface area contributed by atoms with Gasteiger partial charge in [-0.2, -0.15) is 0 Å². The first-order chi connectivity index (χ1) is 5.13. The van der Waals surface area contributed by atoms with Crippen molar-refractivity contribution in [3.63, 3.8) is 0 Å². The molecule has 1 aliphatic rings. The fourth-order valence-corrected chi connectivity index (χ4v) is 1.80. The van der Waals surface area contributed by atoms with E-state index in [0.717, 1.165) is 13.1 Å². The quantitative estimate of drug-likeness (QED) is 0.610. The Morgan fingerprint density at radius 1 is 1.64 bits per heavy atom. The molecule has 0 saturated carbocycles. The topological polar surface area (TPSA) is 15.3 Å². The van der Waals surface area contributed by atoms with E-state index in [4.69, 9.17) is 0 Å². The van der Waals surface area contributed by atoms with Crippen LogP contribution < -0.4 is 5.32 Å². The van der Waals surface area contributed by atoms with Gasteiger partial charge in [-0.25, -0.2) is 0 Å². The molecule has 11 heavy (non-hydrogen) atoms. The van der Waals surface area contributed by atoms with E-state index in [0.29, 0.717) is 12.1 Å². The van der Waals surface area contributed by atoms with Crippen LogP contribution in [-0.2, 0) is 0 Å². The molecule has 64 valence electrons. The summed E-state index contributed by atoms with van der Waals surface area (Å²) in [6.45, 7) is 12.7. The average Bonchev–Trinajstić information content (AvgIpc) is 1.85. The Labute approximate surface area is 69.3 Å². The Morgan fingerprint density at radius 3 is 2.64 bits per heavy atom. The highest BCUT2D eigenvalue weighted by atomic mass is 15.2. The van der Waals surface area contributed by atoms with Crippen molar-refractivity contribution in [1.82, 2.24) is 10.2 Å². The molecule has 0 amide bonds. The van der Waals surface area contributed by atoms with E-state index < -0.39 is 0 Å². The van der Waals surface area contributed by atoms with E-state index in [2.05, 4.69) is 37.6 Å². The minimum atomic E-state index is 0.583. The van der Waals surface area contributed by atoms with Crippen molar-refractivity contribution in [2.75, 3.05) is 13.1 Å². The number of nitrogens with zero attached hydrogens (tertiary/aromatic N) is 1. The van der Waals surface area contributed by atoms with Crippen molar-refractivity contribution >= 4 is 0 Å². The van der Waals surface area contributed by atoms with Crippen LogP contribution in [-0.4, -0.2) is 30.1 Å². The molecule has 1 atom stereocenters. The van der Waals surface area contributed by atoms with Gasteiger partial charge < -0.3 is 10.2 Å². The molecular formula is C9H18N2. The molecule has 0 aromatic rings. The molecule has 1 N–H and O–H groups in total. The van der Waals surface area contributed by atoms with Crippen LogP contribution in [0, 0.1) is 0 Å². The molecule has 1 aliphatic heterocycles. The lowest BCUT2D eigenvalue weighted by Gasteiger charge is -2.40. The lowest BCUT2D eigenvalue weighted by Crippen LogP contribution is -2.50. The van der Waals surface area contributed by atoms with Gasteiger partial charge in [0.1, 0.15) is 0 Å². The second-order valence-electron chi connectivity index (χ2n) is 3.55. The average molecular weight is 154 g/mol.